The fourth-order valence-electron chi connectivity index (χ4n) is 3.35. The molecule has 0 aliphatic carbocycles. The van der Waals surface area contributed by atoms with Gasteiger partial charge in [-0.2, -0.15) is 0 Å². The molecule has 138 valence electrons. The van der Waals surface area contributed by atoms with Gasteiger partial charge < -0.3 is 19.5 Å². The molecule has 0 unspecified atom stereocenters. The second kappa shape index (κ2) is 7.88. The van der Waals surface area contributed by atoms with E-state index in [0.717, 1.165) is 55.5 Å². The average Bonchev–Trinajstić information content (AvgIpc) is 2.94. The van der Waals surface area contributed by atoms with Crippen molar-refractivity contribution in [3.05, 3.63) is 42.4 Å². The quantitative estimate of drug-likeness (QED) is 0.890. The normalized spacial score (nSPS) is 19.0. The lowest BCUT2D eigenvalue weighted by Gasteiger charge is -2.36. The molecule has 1 saturated heterocycles. The third-order valence-electron chi connectivity index (χ3n) is 4.83. The molecule has 2 aromatic rings. The number of hydrogen-bond donors (Lipinski definition) is 1. The first-order valence-corrected chi connectivity index (χ1v) is 9.10. The maximum atomic E-state index is 10.7. The number of ether oxygens (including phenoxy) is 2. The Morgan fingerprint density at radius 2 is 1.85 bits per heavy atom. The van der Waals surface area contributed by atoms with Gasteiger partial charge in [-0.1, -0.05) is 6.07 Å². The number of β-amino-alcohol motifs (C(OH)–C–C–N with tert-alkyl or cyclic N) is 1. The van der Waals surface area contributed by atoms with Crippen LogP contribution in [-0.4, -0.2) is 65.9 Å². The van der Waals surface area contributed by atoms with E-state index in [1.807, 2.05) is 18.2 Å². The van der Waals surface area contributed by atoms with Gasteiger partial charge in [-0.05, 0) is 17.7 Å². The summed E-state index contributed by atoms with van der Waals surface area (Å²) in [6.45, 7) is 5.46. The summed E-state index contributed by atoms with van der Waals surface area (Å²) in [5.74, 6) is 2.40. The Labute approximate surface area is 153 Å². The van der Waals surface area contributed by atoms with E-state index in [2.05, 4.69) is 19.8 Å². The topological polar surface area (TPSA) is 71.0 Å². The molecular formula is C19H24N4O3. The average molecular weight is 356 g/mol. The molecule has 1 aromatic carbocycles. The summed E-state index contributed by atoms with van der Waals surface area (Å²) < 4.78 is 11.4. The number of hydrogen-bond acceptors (Lipinski definition) is 7. The molecule has 7 nitrogen and oxygen atoms in total. The first kappa shape index (κ1) is 17.1. The molecule has 1 N–H and O–H groups in total. The van der Waals surface area contributed by atoms with Crippen LogP contribution in [-0.2, 0) is 0 Å². The van der Waals surface area contributed by atoms with Crippen LogP contribution in [0.25, 0.3) is 0 Å². The maximum Gasteiger partial charge on any atom is 0.161 e. The fraction of sp³-hybridized carbons (Fsp3) is 0.474. The summed E-state index contributed by atoms with van der Waals surface area (Å²) in [5.41, 5.74) is 0.866. The molecule has 7 heteroatoms. The number of rotatable bonds is 4. The molecule has 0 radical (unpaired) electrons. The van der Waals surface area contributed by atoms with Crippen molar-refractivity contribution < 1.29 is 14.6 Å². The molecule has 1 aromatic heterocycles. The van der Waals surface area contributed by atoms with Gasteiger partial charge in [0.1, 0.15) is 5.82 Å². The number of nitrogens with zero attached hydrogens (tertiary/aromatic N) is 4. The van der Waals surface area contributed by atoms with Gasteiger partial charge in [-0.25, -0.2) is 4.98 Å². The largest absolute Gasteiger partial charge is 0.490 e. The minimum absolute atomic E-state index is 0.546. The Kier molecular flexibility index (Phi) is 5.17. The van der Waals surface area contributed by atoms with E-state index in [9.17, 15) is 5.11 Å². The smallest absolute Gasteiger partial charge is 0.161 e. The van der Waals surface area contributed by atoms with Crippen LogP contribution in [0.5, 0.6) is 11.5 Å². The highest BCUT2D eigenvalue weighted by atomic mass is 16.5. The number of piperazine rings is 1. The Morgan fingerprint density at radius 3 is 2.62 bits per heavy atom. The van der Waals surface area contributed by atoms with Crippen LogP contribution in [0.1, 0.15) is 18.1 Å². The summed E-state index contributed by atoms with van der Waals surface area (Å²) >= 11 is 0. The van der Waals surface area contributed by atoms with Crippen molar-refractivity contribution in [2.24, 2.45) is 0 Å². The number of aliphatic hydroxyl groups is 1. The van der Waals surface area contributed by atoms with E-state index in [4.69, 9.17) is 9.47 Å². The number of benzene rings is 1. The molecule has 2 aliphatic heterocycles. The van der Waals surface area contributed by atoms with Gasteiger partial charge in [-0.15, -0.1) is 0 Å². The zero-order valence-electron chi connectivity index (χ0n) is 14.8. The predicted molar refractivity (Wildman–Crippen MR) is 97.7 cm³/mol. The molecule has 2 aliphatic rings. The molecule has 3 heterocycles. The van der Waals surface area contributed by atoms with Gasteiger partial charge in [0.05, 0.1) is 25.5 Å². The lowest BCUT2D eigenvalue weighted by Crippen LogP contribution is -2.47. The monoisotopic (exact) mass is 356 g/mol. The van der Waals surface area contributed by atoms with E-state index >= 15 is 0 Å². The van der Waals surface area contributed by atoms with E-state index in [0.29, 0.717) is 19.8 Å². The molecule has 1 fully saturated rings. The van der Waals surface area contributed by atoms with E-state index in [1.165, 1.54) is 0 Å². The zero-order valence-corrected chi connectivity index (χ0v) is 14.8. The van der Waals surface area contributed by atoms with Crippen molar-refractivity contribution in [2.75, 3.05) is 50.8 Å². The number of fused-ring (bicyclic) bond motifs is 1. The molecule has 0 amide bonds. The summed E-state index contributed by atoms with van der Waals surface area (Å²) in [6, 6.07) is 5.72. The van der Waals surface area contributed by atoms with Crippen LogP contribution in [0.2, 0.25) is 0 Å². The second-order valence-corrected chi connectivity index (χ2v) is 6.62. The zero-order chi connectivity index (χ0) is 17.8. The first-order valence-electron chi connectivity index (χ1n) is 9.10. The third-order valence-corrected chi connectivity index (χ3v) is 4.83. The molecular weight excluding hydrogens is 332 g/mol. The summed E-state index contributed by atoms with van der Waals surface area (Å²) in [7, 11) is 0. The van der Waals surface area contributed by atoms with Gasteiger partial charge in [0.2, 0.25) is 0 Å². The Balaban J connectivity index is 1.34. The third kappa shape index (κ3) is 3.89. The summed E-state index contributed by atoms with van der Waals surface area (Å²) in [5, 5.41) is 10.7. The van der Waals surface area contributed by atoms with Gasteiger partial charge in [0.15, 0.2) is 11.5 Å². The SMILES string of the molecule is O[C@H](CN1CCN(c2cnccn2)CC1)c1ccc2c(c1)OCCCO2. The number of aromatic nitrogens is 2. The minimum Gasteiger partial charge on any atom is -0.490 e. The summed E-state index contributed by atoms with van der Waals surface area (Å²) in [6.07, 6.45) is 5.53. The van der Waals surface area contributed by atoms with Crippen molar-refractivity contribution in [2.45, 2.75) is 12.5 Å². The predicted octanol–water partition coefficient (Wildman–Crippen LogP) is 1.49. The van der Waals surface area contributed by atoms with Crippen molar-refractivity contribution in [1.29, 1.82) is 0 Å². The fourth-order valence-corrected chi connectivity index (χ4v) is 3.35. The molecule has 4 rings (SSSR count). The van der Waals surface area contributed by atoms with Gasteiger partial charge in [0.25, 0.3) is 0 Å². The van der Waals surface area contributed by atoms with Crippen LogP contribution in [0.4, 0.5) is 5.82 Å². The van der Waals surface area contributed by atoms with Gasteiger partial charge in [0, 0.05) is 51.5 Å². The first-order chi connectivity index (χ1) is 12.8. The highest BCUT2D eigenvalue weighted by molar-refractivity contribution is 5.44. The van der Waals surface area contributed by atoms with Crippen molar-refractivity contribution in [1.82, 2.24) is 14.9 Å². The van der Waals surface area contributed by atoms with Crippen molar-refractivity contribution in [3.8, 4) is 11.5 Å². The van der Waals surface area contributed by atoms with Crippen LogP contribution in [0.15, 0.2) is 36.8 Å². The maximum absolute atomic E-state index is 10.7. The van der Waals surface area contributed by atoms with Crippen LogP contribution >= 0.6 is 0 Å². The minimum atomic E-state index is -0.546. The van der Waals surface area contributed by atoms with E-state index < -0.39 is 6.10 Å². The molecule has 0 bridgehead atoms. The van der Waals surface area contributed by atoms with E-state index in [1.54, 1.807) is 18.6 Å². The highest BCUT2D eigenvalue weighted by Crippen LogP contribution is 2.32. The molecule has 1 atom stereocenters. The Bertz CT molecular complexity index is 720. The van der Waals surface area contributed by atoms with Gasteiger partial charge >= 0.3 is 0 Å². The Morgan fingerprint density at radius 1 is 1.04 bits per heavy atom. The summed E-state index contributed by atoms with van der Waals surface area (Å²) in [4.78, 5) is 13.0. The standard InChI is InChI=1S/C19H24N4O3/c24-16(15-2-3-17-18(12-15)26-11-1-10-25-17)14-22-6-8-23(9-7-22)19-13-20-4-5-21-19/h2-5,12-13,16,24H,1,6-11,14H2/t16-/m1/s1. The number of anilines is 1. The highest BCUT2D eigenvalue weighted by Gasteiger charge is 2.22. The second-order valence-electron chi connectivity index (χ2n) is 6.62. The van der Waals surface area contributed by atoms with Crippen LogP contribution in [0, 0.1) is 0 Å². The Hall–Kier alpha value is -2.38. The van der Waals surface area contributed by atoms with Crippen LogP contribution in [0.3, 0.4) is 0 Å². The lowest BCUT2D eigenvalue weighted by molar-refractivity contribution is 0.109. The molecule has 0 saturated carbocycles. The number of aliphatic hydroxyl groups excluding tert-OH is 1. The van der Waals surface area contributed by atoms with E-state index in [-0.39, 0.29) is 0 Å². The molecule has 0 spiro atoms. The van der Waals surface area contributed by atoms with Crippen LogP contribution < -0.4 is 14.4 Å². The lowest BCUT2D eigenvalue weighted by atomic mass is 10.1. The van der Waals surface area contributed by atoms with Crippen molar-refractivity contribution in [3.63, 3.8) is 0 Å². The van der Waals surface area contributed by atoms with Gasteiger partial charge in [-0.3, -0.25) is 9.88 Å². The van der Waals surface area contributed by atoms with Crippen molar-refractivity contribution >= 4 is 5.82 Å². The molecule has 26 heavy (non-hydrogen) atoms.